The average molecular weight is 350 g/mol. The van der Waals surface area contributed by atoms with E-state index < -0.39 is 6.10 Å². The predicted molar refractivity (Wildman–Crippen MR) is 91.9 cm³/mol. The third-order valence-corrected chi connectivity index (χ3v) is 4.99. The van der Waals surface area contributed by atoms with Gasteiger partial charge in [0.25, 0.3) is 0 Å². The molecule has 5 heteroatoms. The zero-order valence-corrected chi connectivity index (χ0v) is 14.1. The number of amides is 1. The summed E-state index contributed by atoms with van der Waals surface area (Å²) in [6.45, 7) is 1.49. The molecule has 1 amide bonds. The molecule has 0 saturated carbocycles. The van der Waals surface area contributed by atoms with Crippen LogP contribution in [0.4, 0.5) is 0 Å². The van der Waals surface area contributed by atoms with Gasteiger partial charge in [-0.1, -0.05) is 53.5 Å². The molecule has 0 heterocycles. The van der Waals surface area contributed by atoms with Crippen molar-refractivity contribution in [2.45, 2.75) is 31.4 Å². The standard InChI is InChI=1S/C18H17Cl2NO2/c1-10(22)21-16-9-17(23)18(13-5-3-2-4-12(13)16)11-6-7-14(19)15(20)8-11/h2-8,16-18,23H,9H2,1H3,(H,21,22). The van der Waals surface area contributed by atoms with Gasteiger partial charge in [-0.3, -0.25) is 4.79 Å². The number of aliphatic hydroxyl groups excluding tert-OH is 1. The molecule has 0 bridgehead atoms. The molecule has 3 nitrogen and oxygen atoms in total. The summed E-state index contributed by atoms with van der Waals surface area (Å²) in [4.78, 5) is 11.4. The first-order valence-corrected chi connectivity index (χ1v) is 8.22. The van der Waals surface area contributed by atoms with Crippen LogP contribution in [-0.4, -0.2) is 17.1 Å². The molecule has 0 aliphatic heterocycles. The summed E-state index contributed by atoms with van der Waals surface area (Å²) in [5, 5.41) is 14.6. The van der Waals surface area contributed by atoms with Crippen LogP contribution in [0.5, 0.6) is 0 Å². The molecular formula is C18H17Cl2NO2. The third kappa shape index (κ3) is 3.23. The number of aliphatic hydroxyl groups is 1. The van der Waals surface area contributed by atoms with Crippen molar-refractivity contribution in [2.75, 3.05) is 0 Å². The number of hydrogen-bond acceptors (Lipinski definition) is 2. The predicted octanol–water partition coefficient (Wildman–Crippen LogP) is 4.07. The minimum atomic E-state index is -0.612. The van der Waals surface area contributed by atoms with Gasteiger partial charge in [0.2, 0.25) is 5.91 Å². The first-order chi connectivity index (χ1) is 11.0. The Kier molecular flexibility index (Phi) is 4.62. The van der Waals surface area contributed by atoms with Crippen molar-refractivity contribution >= 4 is 29.1 Å². The van der Waals surface area contributed by atoms with Crippen molar-refractivity contribution in [3.05, 3.63) is 69.2 Å². The molecule has 3 atom stereocenters. The largest absolute Gasteiger partial charge is 0.392 e. The van der Waals surface area contributed by atoms with E-state index in [2.05, 4.69) is 5.32 Å². The van der Waals surface area contributed by atoms with Crippen LogP contribution >= 0.6 is 23.2 Å². The highest BCUT2D eigenvalue weighted by Crippen LogP contribution is 2.42. The average Bonchev–Trinajstić information content (AvgIpc) is 2.50. The number of carbonyl (C=O) groups excluding carboxylic acids is 1. The number of hydrogen-bond donors (Lipinski definition) is 2. The molecule has 23 heavy (non-hydrogen) atoms. The fourth-order valence-electron chi connectivity index (χ4n) is 3.31. The lowest BCUT2D eigenvalue weighted by molar-refractivity contribution is -0.120. The SMILES string of the molecule is CC(=O)NC1CC(O)C(c2ccc(Cl)c(Cl)c2)c2ccccc21. The van der Waals surface area contributed by atoms with E-state index in [1.807, 2.05) is 30.3 Å². The van der Waals surface area contributed by atoms with Gasteiger partial charge in [-0.05, 0) is 35.2 Å². The fourth-order valence-corrected chi connectivity index (χ4v) is 3.62. The van der Waals surface area contributed by atoms with Crippen molar-refractivity contribution in [1.29, 1.82) is 0 Å². The Morgan fingerprint density at radius 2 is 1.83 bits per heavy atom. The molecule has 3 unspecified atom stereocenters. The van der Waals surface area contributed by atoms with Crippen LogP contribution in [0.15, 0.2) is 42.5 Å². The van der Waals surface area contributed by atoms with Gasteiger partial charge in [-0.15, -0.1) is 0 Å². The summed E-state index contributed by atoms with van der Waals surface area (Å²) in [5.41, 5.74) is 2.95. The Hall–Kier alpha value is -1.55. The van der Waals surface area contributed by atoms with Gasteiger partial charge < -0.3 is 10.4 Å². The van der Waals surface area contributed by atoms with Crippen LogP contribution in [0.2, 0.25) is 10.0 Å². The topological polar surface area (TPSA) is 49.3 Å². The Bertz CT molecular complexity index is 748. The molecule has 120 valence electrons. The smallest absolute Gasteiger partial charge is 0.217 e. The number of nitrogens with one attached hydrogen (secondary N) is 1. The van der Waals surface area contributed by atoms with Gasteiger partial charge in [-0.2, -0.15) is 0 Å². The van der Waals surface area contributed by atoms with Crippen LogP contribution in [0.1, 0.15) is 42.0 Å². The Morgan fingerprint density at radius 3 is 2.48 bits per heavy atom. The van der Waals surface area contributed by atoms with Gasteiger partial charge in [0.1, 0.15) is 0 Å². The van der Waals surface area contributed by atoms with Crippen molar-refractivity contribution in [3.63, 3.8) is 0 Å². The number of halogens is 2. The van der Waals surface area contributed by atoms with Crippen LogP contribution < -0.4 is 5.32 Å². The molecule has 2 aromatic rings. The van der Waals surface area contributed by atoms with E-state index in [1.165, 1.54) is 6.92 Å². The number of benzene rings is 2. The van der Waals surface area contributed by atoms with Crippen LogP contribution in [0.25, 0.3) is 0 Å². The molecule has 1 aliphatic carbocycles. The third-order valence-electron chi connectivity index (χ3n) is 4.25. The van der Waals surface area contributed by atoms with E-state index in [1.54, 1.807) is 12.1 Å². The van der Waals surface area contributed by atoms with Gasteiger partial charge in [0.15, 0.2) is 0 Å². The minimum Gasteiger partial charge on any atom is -0.392 e. The quantitative estimate of drug-likeness (QED) is 0.858. The molecule has 0 radical (unpaired) electrons. The lowest BCUT2D eigenvalue weighted by Gasteiger charge is -2.36. The van der Waals surface area contributed by atoms with Gasteiger partial charge in [0, 0.05) is 12.8 Å². The first-order valence-electron chi connectivity index (χ1n) is 7.46. The summed E-state index contributed by atoms with van der Waals surface area (Å²) in [6, 6.07) is 13.1. The van der Waals surface area contributed by atoms with Crippen LogP contribution in [0, 0.1) is 0 Å². The van der Waals surface area contributed by atoms with Gasteiger partial charge >= 0.3 is 0 Å². The van der Waals surface area contributed by atoms with Crippen LogP contribution in [0.3, 0.4) is 0 Å². The molecule has 2 aromatic carbocycles. The van der Waals surface area contributed by atoms with Gasteiger partial charge in [0.05, 0.1) is 22.2 Å². The van der Waals surface area contributed by atoms with Crippen LogP contribution in [-0.2, 0) is 4.79 Å². The number of fused-ring (bicyclic) bond motifs is 1. The highest BCUT2D eigenvalue weighted by Gasteiger charge is 2.35. The molecule has 3 rings (SSSR count). The van der Waals surface area contributed by atoms with E-state index in [9.17, 15) is 9.90 Å². The zero-order chi connectivity index (χ0) is 16.6. The summed E-state index contributed by atoms with van der Waals surface area (Å²) in [5.74, 6) is -0.295. The second-order valence-corrected chi connectivity index (χ2v) is 6.65. The number of rotatable bonds is 2. The van der Waals surface area contributed by atoms with Crippen molar-refractivity contribution in [3.8, 4) is 0 Å². The second kappa shape index (κ2) is 6.52. The minimum absolute atomic E-state index is 0.106. The highest BCUT2D eigenvalue weighted by atomic mass is 35.5. The van der Waals surface area contributed by atoms with E-state index in [0.717, 1.165) is 16.7 Å². The fraction of sp³-hybridized carbons (Fsp3) is 0.278. The maximum absolute atomic E-state index is 11.4. The monoisotopic (exact) mass is 349 g/mol. The van der Waals surface area contributed by atoms with E-state index in [0.29, 0.717) is 16.5 Å². The second-order valence-electron chi connectivity index (χ2n) is 5.84. The first kappa shape index (κ1) is 16.3. The molecule has 0 fully saturated rings. The van der Waals surface area contributed by atoms with Gasteiger partial charge in [-0.25, -0.2) is 0 Å². The molecule has 2 N–H and O–H groups in total. The van der Waals surface area contributed by atoms with Crippen molar-refractivity contribution in [2.24, 2.45) is 0 Å². The Morgan fingerprint density at radius 1 is 1.13 bits per heavy atom. The van der Waals surface area contributed by atoms with E-state index >= 15 is 0 Å². The molecule has 0 aromatic heterocycles. The van der Waals surface area contributed by atoms with E-state index in [-0.39, 0.29) is 17.9 Å². The highest BCUT2D eigenvalue weighted by molar-refractivity contribution is 6.42. The normalized spacial score (nSPS) is 23.2. The molecular weight excluding hydrogens is 333 g/mol. The zero-order valence-electron chi connectivity index (χ0n) is 12.6. The summed E-state index contributed by atoms with van der Waals surface area (Å²) in [7, 11) is 0. The lowest BCUT2D eigenvalue weighted by Crippen LogP contribution is -2.36. The number of carbonyl (C=O) groups is 1. The van der Waals surface area contributed by atoms with E-state index in [4.69, 9.17) is 23.2 Å². The maximum atomic E-state index is 11.4. The summed E-state index contributed by atoms with van der Waals surface area (Å²) >= 11 is 12.1. The summed E-state index contributed by atoms with van der Waals surface area (Å²) in [6.07, 6.45) is -0.152. The van der Waals surface area contributed by atoms with Crippen molar-refractivity contribution in [1.82, 2.24) is 5.32 Å². The molecule has 0 spiro atoms. The van der Waals surface area contributed by atoms with Crippen molar-refractivity contribution < 1.29 is 9.90 Å². The molecule has 0 saturated heterocycles. The Labute approximate surface area is 145 Å². The Balaban J connectivity index is 2.07. The summed E-state index contributed by atoms with van der Waals surface area (Å²) < 4.78 is 0. The molecule has 1 aliphatic rings. The lowest BCUT2D eigenvalue weighted by atomic mass is 9.75. The maximum Gasteiger partial charge on any atom is 0.217 e.